The lowest BCUT2D eigenvalue weighted by Gasteiger charge is -2.34. The third-order valence-corrected chi connectivity index (χ3v) is 7.07. The van der Waals surface area contributed by atoms with E-state index in [9.17, 15) is 13.5 Å². The largest absolute Gasteiger partial charge is 0.387 e. The van der Waals surface area contributed by atoms with Crippen LogP contribution >= 0.6 is 15.9 Å². The first-order valence-electron chi connectivity index (χ1n) is 5.79. The first-order valence-corrected chi connectivity index (χ1v) is 8.06. The van der Waals surface area contributed by atoms with Crippen LogP contribution in [-0.2, 0) is 14.6 Å². The monoisotopic (exact) mass is 332 g/mol. The van der Waals surface area contributed by atoms with Gasteiger partial charge >= 0.3 is 0 Å². The highest BCUT2D eigenvalue weighted by molar-refractivity contribution is 9.10. The molecule has 1 N–H and O–H groups in total. The van der Waals surface area contributed by atoms with Gasteiger partial charge in [0.1, 0.15) is 10.9 Å². The Morgan fingerprint density at radius 1 is 1.33 bits per heavy atom. The summed E-state index contributed by atoms with van der Waals surface area (Å²) >= 11 is 3.31. The van der Waals surface area contributed by atoms with Crippen LogP contribution in [0.25, 0.3) is 0 Å². The fourth-order valence-corrected chi connectivity index (χ4v) is 5.56. The van der Waals surface area contributed by atoms with Crippen LogP contribution in [0.1, 0.15) is 24.5 Å². The molecule has 4 nitrogen and oxygen atoms in total. The molecule has 1 saturated heterocycles. The molecule has 3 rings (SSSR count). The average molecular weight is 333 g/mol. The molecule has 1 aromatic rings. The van der Waals surface area contributed by atoms with E-state index in [0.29, 0.717) is 31.6 Å². The van der Waals surface area contributed by atoms with E-state index in [0.717, 1.165) is 4.47 Å². The summed E-state index contributed by atoms with van der Waals surface area (Å²) in [6.07, 6.45) is -0.259. The molecular weight excluding hydrogens is 320 g/mol. The predicted molar refractivity (Wildman–Crippen MR) is 69.1 cm³/mol. The summed E-state index contributed by atoms with van der Waals surface area (Å²) in [7, 11) is -3.49. The van der Waals surface area contributed by atoms with Crippen molar-refractivity contribution in [3.05, 3.63) is 28.2 Å². The molecular formula is C12H13BrO4S. The fourth-order valence-electron chi connectivity index (χ4n) is 2.89. The van der Waals surface area contributed by atoms with E-state index in [1.54, 1.807) is 18.2 Å². The highest BCUT2D eigenvalue weighted by Crippen LogP contribution is 2.52. The van der Waals surface area contributed by atoms with Crippen molar-refractivity contribution < 1.29 is 18.3 Å². The maximum Gasteiger partial charge on any atom is 0.187 e. The lowest BCUT2D eigenvalue weighted by atomic mass is 9.89. The molecule has 1 unspecified atom stereocenters. The van der Waals surface area contributed by atoms with Crippen molar-refractivity contribution in [3.63, 3.8) is 0 Å². The molecule has 0 saturated carbocycles. The number of halogens is 1. The zero-order chi connectivity index (χ0) is 13.0. The smallest absolute Gasteiger partial charge is 0.187 e. The Balaban J connectivity index is 2.22. The fraction of sp³-hybridized carbons (Fsp3) is 0.500. The third-order valence-electron chi connectivity index (χ3n) is 3.93. The minimum absolute atomic E-state index is 0.264. The molecule has 6 heteroatoms. The summed E-state index contributed by atoms with van der Waals surface area (Å²) in [5.74, 6) is 0. The van der Waals surface area contributed by atoms with Gasteiger partial charge in [0.25, 0.3) is 0 Å². The Hall–Kier alpha value is -0.430. The molecule has 2 aliphatic heterocycles. The molecule has 98 valence electrons. The normalized spacial score (nSPS) is 28.2. The Morgan fingerprint density at radius 2 is 2.00 bits per heavy atom. The summed E-state index contributed by atoms with van der Waals surface area (Å²) in [4.78, 5) is 0.264. The van der Waals surface area contributed by atoms with Gasteiger partial charge in [0.15, 0.2) is 9.84 Å². The highest BCUT2D eigenvalue weighted by Gasteiger charge is 2.57. The Bertz CT molecular complexity index is 590. The second-order valence-corrected chi connectivity index (χ2v) is 7.94. The van der Waals surface area contributed by atoms with Crippen molar-refractivity contribution in [1.29, 1.82) is 0 Å². The van der Waals surface area contributed by atoms with Gasteiger partial charge in [0.05, 0.1) is 4.90 Å². The van der Waals surface area contributed by atoms with Crippen LogP contribution in [-0.4, -0.2) is 31.5 Å². The number of rotatable bonds is 0. The van der Waals surface area contributed by atoms with Crippen LogP contribution in [0.15, 0.2) is 27.6 Å². The number of aliphatic hydroxyl groups excluding tert-OH is 1. The second kappa shape index (κ2) is 4.03. The van der Waals surface area contributed by atoms with Crippen molar-refractivity contribution in [2.75, 3.05) is 13.2 Å². The van der Waals surface area contributed by atoms with E-state index in [1.165, 1.54) is 0 Å². The van der Waals surface area contributed by atoms with E-state index < -0.39 is 20.7 Å². The summed E-state index contributed by atoms with van der Waals surface area (Å²) in [5.41, 5.74) is 0.506. The summed E-state index contributed by atoms with van der Waals surface area (Å²) < 4.78 is 30.2. The van der Waals surface area contributed by atoms with Crippen LogP contribution in [0.4, 0.5) is 0 Å². The van der Waals surface area contributed by atoms with E-state index in [-0.39, 0.29) is 4.90 Å². The summed E-state index contributed by atoms with van der Waals surface area (Å²) in [6.45, 7) is 0.761. The van der Waals surface area contributed by atoms with E-state index in [2.05, 4.69) is 15.9 Å². The first-order chi connectivity index (χ1) is 8.49. The van der Waals surface area contributed by atoms with E-state index in [4.69, 9.17) is 4.74 Å². The molecule has 1 atom stereocenters. The summed E-state index contributed by atoms with van der Waals surface area (Å²) in [6, 6.07) is 4.96. The van der Waals surface area contributed by atoms with Gasteiger partial charge in [-0.2, -0.15) is 0 Å². The van der Waals surface area contributed by atoms with E-state index in [1.807, 2.05) is 0 Å². The number of hydrogen-bond acceptors (Lipinski definition) is 4. The van der Waals surface area contributed by atoms with Gasteiger partial charge in [0.2, 0.25) is 0 Å². The number of benzene rings is 1. The average Bonchev–Trinajstić information content (AvgIpc) is 2.51. The minimum atomic E-state index is -3.49. The standard InChI is InChI=1S/C12H13BrO4S/c13-8-1-2-10-9(7-8)11(14)12(18(10,15)16)3-5-17-6-4-12/h1-2,7,11,14H,3-6H2. The molecule has 0 amide bonds. The highest BCUT2D eigenvalue weighted by atomic mass is 79.9. The summed E-state index contributed by atoms with van der Waals surface area (Å²) in [5, 5.41) is 10.5. The molecule has 18 heavy (non-hydrogen) atoms. The molecule has 0 aliphatic carbocycles. The van der Waals surface area contributed by atoms with Gasteiger partial charge in [-0.3, -0.25) is 0 Å². The molecule has 1 aromatic carbocycles. The number of sulfone groups is 1. The van der Waals surface area contributed by atoms with Crippen LogP contribution in [0.5, 0.6) is 0 Å². The number of fused-ring (bicyclic) bond motifs is 1. The quantitative estimate of drug-likeness (QED) is 0.787. The number of hydrogen-bond donors (Lipinski definition) is 1. The van der Waals surface area contributed by atoms with Gasteiger partial charge in [-0.05, 0) is 31.0 Å². The van der Waals surface area contributed by atoms with Gasteiger partial charge in [-0.25, -0.2) is 8.42 Å². The van der Waals surface area contributed by atoms with E-state index >= 15 is 0 Å². The van der Waals surface area contributed by atoms with Gasteiger partial charge in [0, 0.05) is 23.2 Å². The van der Waals surface area contributed by atoms with Gasteiger partial charge < -0.3 is 9.84 Å². The zero-order valence-electron chi connectivity index (χ0n) is 9.60. The van der Waals surface area contributed by atoms with Crippen LogP contribution < -0.4 is 0 Å². The van der Waals surface area contributed by atoms with Crippen LogP contribution in [0, 0.1) is 0 Å². The minimum Gasteiger partial charge on any atom is -0.387 e. The molecule has 0 bridgehead atoms. The Morgan fingerprint density at radius 3 is 2.67 bits per heavy atom. The van der Waals surface area contributed by atoms with Crippen LogP contribution in [0.3, 0.4) is 0 Å². The lowest BCUT2D eigenvalue weighted by molar-refractivity contribution is 0.0242. The van der Waals surface area contributed by atoms with Gasteiger partial charge in [-0.1, -0.05) is 15.9 Å². The van der Waals surface area contributed by atoms with Crippen molar-refractivity contribution in [2.24, 2.45) is 0 Å². The van der Waals surface area contributed by atoms with Crippen molar-refractivity contribution in [2.45, 2.75) is 28.6 Å². The lowest BCUT2D eigenvalue weighted by Crippen LogP contribution is -2.44. The topological polar surface area (TPSA) is 63.6 Å². The van der Waals surface area contributed by atoms with Crippen molar-refractivity contribution in [1.82, 2.24) is 0 Å². The maximum absolute atomic E-state index is 12.7. The Labute approximate surface area is 114 Å². The molecule has 1 fully saturated rings. The van der Waals surface area contributed by atoms with Gasteiger partial charge in [-0.15, -0.1) is 0 Å². The Kier molecular flexibility index (Phi) is 2.82. The zero-order valence-corrected chi connectivity index (χ0v) is 12.0. The van der Waals surface area contributed by atoms with Crippen molar-refractivity contribution in [3.8, 4) is 0 Å². The molecule has 1 spiro atoms. The molecule has 0 aromatic heterocycles. The third kappa shape index (κ3) is 1.46. The predicted octanol–water partition coefficient (Wildman–Crippen LogP) is 1.82. The van der Waals surface area contributed by atoms with Crippen molar-refractivity contribution >= 4 is 25.8 Å². The maximum atomic E-state index is 12.7. The number of aliphatic hydroxyl groups is 1. The SMILES string of the molecule is O=S1(=O)c2ccc(Br)cc2C(O)C12CCOCC2. The molecule has 2 aliphatic rings. The second-order valence-electron chi connectivity index (χ2n) is 4.77. The number of ether oxygens (including phenoxy) is 1. The molecule has 0 radical (unpaired) electrons. The molecule has 2 heterocycles. The van der Waals surface area contributed by atoms with Crippen LogP contribution in [0.2, 0.25) is 0 Å². The first kappa shape index (κ1) is 12.6.